The van der Waals surface area contributed by atoms with Crippen molar-refractivity contribution in [1.82, 2.24) is 5.32 Å². The molecule has 6 heteroatoms. The van der Waals surface area contributed by atoms with E-state index < -0.39 is 15.9 Å². The number of hydrogen-bond donors (Lipinski definition) is 2. The Hall–Kier alpha value is -0.170. The van der Waals surface area contributed by atoms with Gasteiger partial charge >= 0.3 is 0 Å². The second-order valence-electron chi connectivity index (χ2n) is 3.05. The van der Waals surface area contributed by atoms with E-state index in [9.17, 15) is 13.5 Å². The predicted molar refractivity (Wildman–Crippen MR) is 55.1 cm³/mol. The smallest absolute Gasteiger partial charge is 0.151 e. The molecule has 86 valence electrons. The van der Waals surface area contributed by atoms with Crippen molar-refractivity contribution in [3.05, 3.63) is 0 Å². The highest BCUT2D eigenvalue weighted by Gasteiger charge is 2.07. The molecule has 0 aliphatic rings. The predicted octanol–water partition coefficient (Wildman–Crippen LogP) is -0.982. The van der Waals surface area contributed by atoms with Crippen molar-refractivity contribution in [1.29, 1.82) is 0 Å². The lowest BCUT2D eigenvalue weighted by Gasteiger charge is -2.10. The van der Waals surface area contributed by atoms with Gasteiger partial charge in [0.25, 0.3) is 0 Å². The topological polar surface area (TPSA) is 75.6 Å². The molecule has 5 nitrogen and oxygen atoms in total. The normalized spacial score (nSPS) is 14.2. The summed E-state index contributed by atoms with van der Waals surface area (Å²) in [6.45, 7) is 2.60. The molecule has 0 saturated heterocycles. The molecule has 14 heavy (non-hydrogen) atoms. The summed E-state index contributed by atoms with van der Waals surface area (Å²) < 4.78 is 26.8. The average molecular weight is 225 g/mol. The van der Waals surface area contributed by atoms with Gasteiger partial charge in [0.05, 0.1) is 18.5 Å². The first-order valence-corrected chi connectivity index (χ1v) is 6.42. The molecule has 0 amide bonds. The molecule has 0 spiro atoms. The zero-order chi connectivity index (χ0) is 11.0. The Bertz CT molecular complexity index is 227. The number of sulfone groups is 1. The Morgan fingerprint density at radius 1 is 1.50 bits per heavy atom. The summed E-state index contributed by atoms with van der Waals surface area (Å²) in [6.07, 6.45) is -0.579. The molecule has 0 bridgehead atoms. The zero-order valence-electron chi connectivity index (χ0n) is 8.69. The number of rotatable bonds is 8. The number of aliphatic hydroxyl groups is 1. The van der Waals surface area contributed by atoms with Crippen LogP contribution in [0.25, 0.3) is 0 Å². The van der Waals surface area contributed by atoms with E-state index in [-0.39, 0.29) is 18.1 Å². The van der Waals surface area contributed by atoms with Gasteiger partial charge in [0.2, 0.25) is 0 Å². The Kier molecular flexibility index (Phi) is 7.08. The van der Waals surface area contributed by atoms with Gasteiger partial charge in [0.1, 0.15) is 0 Å². The fourth-order valence-corrected chi connectivity index (χ4v) is 1.64. The Morgan fingerprint density at radius 3 is 2.64 bits per heavy atom. The summed E-state index contributed by atoms with van der Waals surface area (Å²) in [5.74, 6) is 0.276. The summed E-state index contributed by atoms with van der Waals surface area (Å²) in [7, 11) is -1.40. The lowest BCUT2D eigenvalue weighted by atomic mass is 10.4. The van der Waals surface area contributed by atoms with Gasteiger partial charge in [-0.05, 0) is 0 Å². The molecular weight excluding hydrogens is 206 g/mol. The second kappa shape index (κ2) is 7.17. The van der Waals surface area contributed by atoms with Gasteiger partial charge in [0.15, 0.2) is 9.84 Å². The van der Waals surface area contributed by atoms with Crippen LogP contribution in [0.4, 0.5) is 0 Å². The van der Waals surface area contributed by atoms with E-state index in [1.54, 1.807) is 6.92 Å². The highest BCUT2D eigenvalue weighted by atomic mass is 32.2. The van der Waals surface area contributed by atoms with Gasteiger partial charge in [-0.25, -0.2) is 8.42 Å². The zero-order valence-corrected chi connectivity index (χ0v) is 9.51. The number of methoxy groups -OCH3 is 1. The van der Waals surface area contributed by atoms with Crippen molar-refractivity contribution in [2.24, 2.45) is 0 Å². The molecule has 0 aliphatic heterocycles. The summed E-state index contributed by atoms with van der Waals surface area (Å²) in [5.41, 5.74) is 0. The van der Waals surface area contributed by atoms with Crippen LogP contribution >= 0.6 is 0 Å². The van der Waals surface area contributed by atoms with Crippen LogP contribution in [0.1, 0.15) is 6.92 Å². The molecule has 0 rings (SSSR count). The van der Waals surface area contributed by atoms with Crippen molar-refractivity contribution in [3.8, 4) is 0 Å². The first kappa shape index (κ1) is 13.8. The molecular formula is C8H19NO4S. The Labute approximate surface area is 85.4 Å². The molecule has 1 atom stereocenters. The molecule has 0 saturated carbocycles. The van der Waals surface area contributed by atoms with Crippen LogP contribution in [-0.2, 0) is 14.6 Å². The van der Waals surface area contributed by atoms with Crippen LogP contribution in [0, 0.1) is 0 Å². The van der Waals surface area contributed by atoms with Gasteiger partial charge in [0, 0.05) is 26.0 Å². The van der Waals surface area contributed by atoms with E-state index >= 15 is 0 Å². The van der Waals surface area contributed by atoms with Gasteiger partial charge < -0.3 is 15.2 Å². The minimum Gasteiger partial charge on any atom is -0.389 e. The van der Waals surface area contributed by atoms with E-state index in [4.69, 9.17) is 4.74 Å². The molecule has 0 aromatic carbocycles. The minimum absolute atomic E-state index is 0.114. The fraction of sp³-hybridized carbons (Fsp3) is 1.00. The van der Waals surface area contributed by atoms with E-state index in [2.05, 4.69) is 5.32 Å². The van der Waals surface area contributed by atoms with Crippen LogP contribution in [0.2, 0.25) is 0 Å². The first-order chi connectivity index (χ1) is 6.52. The number of hydrogen-bond acceptors (Lipinski definition) is 5. The maximum atomic E-state index is 11.0. The van der Waals surface area contributed by atoms with Gasteiger partial charge in [-0.2, -0.15) is 0 Å². The standard InChI is InChI=1S/C8H19NO4S/c1-3-14(11,12)5-4-9-6-8(10)7-13-2/h8-10H,3-7H2,1-2H3. The third kappa shape index (κ3) is 7.25. The third-order valence-corrected chi connectivity index (χ3v) is 3.47. The largest absolute Gasteiger partial charge is 0.389 e. The molecule has 2 N–H and O–H groups in total. The maximum Gasteiger partial charge on any atom is 0.151 e. The summed E-state index contributed by atoms with van der Waals surface area (Å²) in [4.78, 5) is 0. The number of ether oxygens (including phenoxy) is 1. The minimum atomic E-state index is -2.91. The summed E-state index contributed by atoms with van der Waals surface area (Å²) >= 11 is 0. The monoisotopic (exact) mass is 225 g/mol. The van der Waals surface area contributed by atoms with Crippen molar-refractivity contribution < 1.29 is 18.3 Å². The van der Waals surface area contributed by atoms with Gasteiger partial charge in [-0.3, -0.25) is 0 Å². The molecule has 0 heterocycles. The van der Waals surface area contributed by atoms with E-state index in [0.717, 1.165) is 0 Å². The summed E-state index contributed by atoms with van der Waals surface area (Å²) in [6, 6.07) is 0. The SMILES string of the molecule is CCS(=O)(=O)CCNCC(O)COC. The maximum absolute atomic E-state index is 11.0. The van der Waals surface area contributed by atoms with Crippen LogP contribution in [0.15, 0.2) is 0 Å². The van der Waals surface area contributed by atoms with Crippen molar-refractivity contribution in [2.45, 2.75) is 13.0 Å². The second-order valence-corrected chi connectivity index (χ2v) is 5.52. The lowest BCUT2D eigenvalue weighted by Crippen LogP contribution is -2.33. The Balaban J connectivity index is 3.47. The highest BCUT2D eigenvalue weighted by Crippen LogP contribution is 1.87. The Morgan fingerprint density at radius 2 is 2.14 bits per heavy atom. The van der Waals surface area contributed by atoms with Crippen molar-refractivity contribution in [3.63, 3.8) is 0 Å². The van der Waals surface area contributed by atoms with Gasteiger partial charge in [-0.15, -0.1) is 0 Å². The van der Waals surface area contributed by atoms with Crippen LogP contribution in [0.3, 0.4) is 0 Å². The quantitative estimate of drug-likeness (QED) is 0.519. The molecule has 0 radical (unpaired) electrons. The highest BCUT2D eigenvalue weighted by molar-refractivity contribution is 7.91. The fourth-order valence-electron chi connectivity index (χ4n) is 0.892. The summed E-state index contributed by atoms with van der Waals surface area (Å²) in [5, 5.41) is 12.1. The van der Waals surface area contributed by atoms with Crippen molar-refractivity contribution >= 4 is 9.84 Å². The van der Waals surface area contributed by atoms with Crippen LogP contribution in [0.5, 0.6) is 0 Å². The number of nitrogens with one attached hydrogen (secondary N) is 1. The lowest BCUT2D eigenvalue weighted by molar-refractivity contribution is 0.0650. The van der Waals surface area contributed by atoms with Crippen LogP contribution in [-0.4, -0.2) is 57.9 Å². The first-order valence-electron chi connectivity index (χ1n) is 4.60. The third-order valence-electron chi connectivity index (χ3n) is 1.77. The van der Waals surface area contributed by atoms with Crippen LogP contribution < -0.4 is 5.32 Å². The van der Waals surface area contributed by atoms with E-state index in [0.29, 0.717) is 13.1 Å². The van der Waals surface area contributed by atoms with E-state index in [1.165, 1.54) is 7.11 Å². The average Bonchev–Trinajstić information content (AvgIpc) is 2.13. The number of aliphatic hydroxyl groups excluding tert-OH is 1. The van der Waals surface area contributed by atoms with Gasteiger partial charge in [-0.1, -0.05) is 6.92 Å². The molecule has 0 aliphatic carbocycles. The molecule has 0 aromatic heterocycles. The molecule has 1 unspecified atom stereocenters. The molecule has 0 fully saturated rings. The molecule has 0 aromatic rings. The van der Waals surface area contributed by atoms with E-state index in [1.807, 2.05) is 0 Å². The van der Waals surface area contributed by atoms with Crippen molar-refractivity contribution in [2.75, 3.05) is 38.3 Å².